The first-order chi connectivity index (χ1) is 19.3. The number of anilines is 1. The lowest BCUT2D eigenvalue weighted by Gasteiger charge is -2.42. The van der Waals surface area contributed by atoms with Crippen LogP contribution in [0.2, 0.25) is 0 Å². The summed E-state index contributed by atoms with van der Waals surface area (Å²) in [5.74, 6) is -0.141. The fourth-order valence-corrected chi connectivity index (χ4v) is 7.44. The minimum absolute atomic E-state index is 0.0292. The summed E-state index contributed by atoms with van der Waals surface area (Å²) in [4.78, 5) is 30.1. The van der Waals surface area contributed by atoms with Crippen molar-refractivity contribution in [2.24, 2.45) is 5.92 Å². The molecule has 1 aromatic carbocycles. The van der Waals surface area contributed by atoms with Crippen molar-refractivity contribution in [2.75, 3.05) is 37.7 Å². The molecule has 224 valence electrons. The Balaban J connectivity index is 1.70. The molecule has 1 N–H and O–H groups in total. The number of nitrogens with one attached hydrogen (secondary N) is 1. The Morgan fingerprint density at radius 1 is 1.24 bits per heavy atom. The van der Waals surface area contributed by atoms with Crippen molar-refractivity contribution < 1.29 is 26.7 Å². The molecule has 2 aromatic heterocycles. The molecular formula is C25H33F2N7O5S2. The Kier molecular flexibility index (Phi) is 7.72. The quantitative estimate of drug-likeness (QED) is 0.410. The van der Waals surface area contributed by atoms with Gasteiger partial charge in [0.2, 0.25) is 21.1 Å². The molecule has 5 rings (SSSR count). The van der Waals surface area contributed by atoms with Crippen molar-refractivity contribution in [1.82, 2.24) is 29.0 Å². The molecule has 2 saturated heterocycles. The van der Waals surface area contributed by atoms with E-state index in [1.54, 1.807) is 13.8 Å². The number of carbonyl (C=O) groups excluding carboxylic acids is 1. The van der Waals surface area contributed by atoms with Gasteiger partial charge in [-0.05, 0) is 32.9 Å². The molecule has 0 aliphatic carbocycles. The predicted molar refractivity (Wildman–Crippen MR) is 149 cm³/mol. The van der Waals surface area contributed by atoms with Gasteiger partial charge in [0.1, 0.15) is 0 Å². The number of amides is 1. The van der Waals surface area contributed by atoms with Crippen molar-refractivity contribution in [3.05, 3.63) is 27.6 Å². The van der Waals surface area contributed by atoms with Gasteiger partial charge in [-0.25, -0.2) is 31.3 Å². The van der Waals surface area contributed by atoms with Crippen LogP contribution in [-0.2, 0) is 26.1 Å². The second-order valence-corrected chi connectivity index (χ2v) is 13.7. The van der Waals surface area contributed by atoms with Crippen LogP contribution >= 0.6 is 11.3 Å². The van der Waals surface area contributed by atoms with Crippen LogP contribution in [0, 0.1) is 5.92 Å². The molecule has 41 heavy (non-hydrogen) atoms. The van der Waals surface area contributed by atoms with Crippen molar-refractivity contribution in [3.63, 3.8) is 0 Å². The highest BCUT2D eigenvalue weighted by Gasteiger charge is 2.39. The average molecular weight is 614 g/mol. The molecule has 0 unspecified atom stereocenters. The number of piperazine rings is 1. The summed E-state index contributed by atoms with van der Waals surface area (Å²) >= 11 is 0.569. The molecule has 4 heterocycles. The Morgan fingerprint density at radius 3 is 2.49 bits per heavy atom. The molecule has 16 heteroatoms. The summed E-state index contributed by atoms with van der Waals surface area (Å²) in [6, 6.07) is 2.71. The highest BCUT2D eigenvalue weighted by Crippen LogP contribution is 2.35. The Labute approximate surface area is 239 Å². The van der Waals surface area contributed by atoms with Gasteiger partial charge in [0.25, 0.3) is 6.43 Å². The van der Waals surface area contributed by atoms with Crippen molar-refractivity contribution in [1.29, 1.82) is 0 Å². The fraction of sp³-hybridized carbons (Fsp3) is 0.600. The van der Waals surface area contributed by atoms with Crippen LogP contribution in [0.4, 0.5) is 14.5 Å². The molecule has 0 bridgehead atoms. The van der Waals surface area contributed by atoms with Crippen LogP contribution in [0.1, 0.15) is 46.1 Å². The largest absolute Gasteiger partial charge is 0.377 e. The van der Waals surface area contributed by atoms with Gasteiger partial charge in [-0.3, -0.25) is 9.36 Å². The van der Waals surface area contributed by atoms with E-state index in [1.807, 2.05) is 30.6 Å². The number of hydrogen-bond donors (Lipinski definition) is 1. The van der Waals surface area contributed by atoms with Gasteiger partial charge in [0.05, 0.1) is 40.4 Å². The summed E-state index contributed by atoms with van der Waals surface area (Å²) in [6.07, 6.45) is -2.87. The lowest BCUT2D eigenvalue weighted by molar-refractivity contribution is -0.136. The predicted octanol–water partition coefficient (Wildman–Crippen LogP) is 2.36. The molecule has 0 saturated carbocycles. The first kappa shape index (κ1) is 29.5. The smallest absolute Gasteiger partial charge is 0.335 e. The number of fused-ring (bicyclic) bond motifs is 1. The number of sulfonamides is 1. The van der Waals surface area contributed by atoms with Crippen LogP contribution in [0.3, 0.4) is 0 Å². The van der Waals surface area contributed by atoms with E-state index in [-0.39, 0.29) is 53.2 Å². The van der Waals surface area contributed by atoms with E-state index in [0.29, 0.717) is 42.2 Å². The van der Waals surface area contributed by atoms with Crippen molar-refractivity contribution >= 4 is 44.0 Å². The van der Waals surface area contributed by atoms with Gasteiger partial charge in [-0.15, -0.1) is 10.2 Å². The van der Waals surface area contributed by atoms with Gasteiger partial charge in [0.15, 0.2) is 5.01 Å². The zero-order chi connectivity index (χ0) is 29.9. The van der Waals surface area contributed by atoms with Crippen molar-refractivity contribution in [3.8, 4) is 5.13 Å². The van der Waals surface area contributed by atoms with Gasteiger partial charge in [0, 0.05) is 38.1 Å². The van der Waals surface area contributed by atoms with Crippen LogP contribution in [-0.4, -0.2) is 83.0 Å². The topological polar surface area (TPSA) is 132 Å². The van der Waals surface area contributed by atoms with E-state index in [2.05, 4.69) is 14.9 Å². The monoisotopic (exact) mass is 613 g/mol. The molecular weight excluding hydrogens is 580 g/mol. The zero-order valence-corrected chi connectivity index (χ0v) is 25.1. The summed E-state index contributed by atoms with van der Waals surface area (Å²) in [5, 5.41) is 6.74. The second-order valence-electron chi connectivity index (χ2n) is 11.0. The van der Waals surface area contributed by atoms with Crippen LogP contribution in [0.15, 0.2) is 21.8 Å². The molecule has 1 atom stereocenters. The number of ether oxygens (including phenoxy) is 1. The maximum absolute atomic E-state index is 13.7. The average Bonchev–Trinajstić information content (AvgIpc) is 3.48. The Bertz CT molecular complexity index is 1650. The number of rotatable bonds is 8. The maximum Gasteiger partial charge on any atom is 0.335 e. The molecule has 2 fully saturated rings. The number of halogens is 2. The fourth-order valence-electron chi connectivity index (χ4n) is 5.31. The summed E-state index contributed by atoms with van der Waals surface area (Å²) in [6.45, 7) is 11.0. The Hall–Kier alpha value is -2.95. The number of aryl methyl sites for hydroxylation is 1. The standard InChI is InChI=1S/C25H33F2N7O5S2/c1-6-32-19-17(31-7-8-33(15(4)11-31)22(35)14(2)3)9-16(41(37,38)30-25(5)12-39-13-25)10-18(19)34(24(32)36)23-29-28-21(40-23)20(26)27/h9-10,14-15,20,30H,6-8,11-13H2,1-5H3/t15-/m0/s1. The van der Waals surface area contributed by atoms with Gasteiger partial charge < -0.3 is 14.5 Å². The molecule has 3 aromatic rings. The van der Waals surface area contributed by atoms with Crippen LogP contribution < -0.4 is 15.3 Å². The van der Waals surface area contributed by atoms with E-state index in [4.69, 9.17) is 4.74 Å². The zero-order valence-electron chi connectivity index (χ0n) is 23.4. The number of carbonyl (C=O) groups is 1. The SMILES string of the molecule is CCn1c(=O)n(-c2nnc(C(F)F)s2)c2cc(S(=O)(=O)NC3(C)COC3)cc(N3CCN(C(=O)C(C)C)[C@@H](C)C3)c21. The first-order valence-corrected chi connectivity index (χ1v) is 15.6. The molecule has 1 amide bonds. The Morgan fingerprint density at radius 2 is 1.95 bits per heavy atom. The summed E-state index contributed by atoms with van der Waals surface area (Å²) in [5.41, 5.74) is -0.206. The third-order valence-electron chi connectivity index (χ3n) is 7.38. The van der Waals surface area contributed by atoms with Crippen molar-refractivity contribution in [2.45, 2.75) is 64.1 Å². The number of nitrogens with zero attached hydrogens (tertiary/aromatic N) is 6. The number of hydrogen-bond acceptors (Lipinski definition) is 9. The van der Waals surface area contributed by atoms with Gasteiger partial charge in [-0.1, -0.05) is 25.2 Å². The lowest BCUT2D eigenvalue weighted by Crippen LogP contribution is -2.59. The van der Waals surface area contributed by atoms with E-state index in [0.717, 1.165) is 4.57 Å². The summed E-state index contributed by atoms with van der Waals surface area (Å²) < 4.78 is 64.5. The minimum Gasteiger partial charge on any atom is -0.377 e. The molecule has 0 radical (unpaired) electrons. The first-order valence-electron chi connectivity index (χ1n) is 13.3. The highest BCUT2D eigenvalue weighted by atomic mass is 32.2. The number of alkyl halides is 2. The molecule has 0 spiro atoms. The third kappa shape index (κ3) is 5.26. The van der Waals surface area contributed by atoms with Crippen LogP contribution in [0.5, 0.6) is 0 Å². The second kappa shape index (κ2) is 10.7. The van der Waals surface area contributed by atoms with E-state index in [9.17, 15) is 26.8 Å². The number of benzene rings is 1. The van der Waals surface area contributed by atoms with Gasteiger partial charge >= 0.3 is 5.69 Å². The molecule has 2 aliphatic heterocycles. The molecule has 12 nitrogen and oxygen atoms in total. The van der Waals surface area contributed by atoms with E-state index in [1.165, 1.54) is 16.7 Å². The highest BCUT2D eigenvalue weighted by molar-refractivity contribution is 7.89. The van der Waals surface area contributed by atoms with E-state index >= 15 is 0 Å². The van der Waals surface area contributed by atoms with Gasteiger partial charge in [-0.2, -0.15) is 0 Å². The maximum atomic E-state index is 13.7. The normalized spacial score (nSPS) is 19.4. The minimum atomic E-state index is -4.10. The van der Waals surface area contributed by atoms with E-state index < -0.39 is 32.7 Å². The lowest BCUT2D eigenvalue weighted by atomic mass is 10.0. The number of aromatic nitrogens is 4. The molecule has 2 aliphatic rings. The van der Waals surface area contributed by atoms with Crippen LogP contribution in [0.25, 0.3) is 16.2 Å². The summed E-state index contributed by atoms with van der Waals surface area (Å²) in [7, 11) is -4.10. The number of imidazole rings is 1. The third-order valence-corrected chi connectivity index (χ3v) is 9.91.